The van der Waals surface area contributed by atoms with Crippen molar-refractivity contribution in [1.29, 1.82) is 0 Å². The molecule has 0 fully saturated rings. The van der Waals surface area contributed by atoms with E-state index in [-0.39, 0.29) is 10.6 Å². The van der Waals surface area contributed by atoms with Gasteiger partial charge in [0.25, 0.3) is 9.05 Å². The van der Waals surface area contributed by atoms with Gasteiger partial charge in [0.1, 0.15) is 5.75 Å². The number of para-hydroxylation sites is 2. The number of nitrogen functional groups attached to an aromatic ring is 2. The minimum absolute atomic E-state index is 0.0916. The minimum Gasteiger partial charge on any atom is -0.506 e. The molecule has 3 aromatic rings. The summed E-state index contributed by atoms with van der Waals surface area (Å²) in [4.78, 5) is 0.0916. The molecule has 120 valence electrons. The van der Waals surface area contributed by atoms with E-state index in [4.69, 9.17) is 27.3 Å². The van der Waals surface area contributed by atoms with Gasteiger partial charge in [-0.2, -0.15) is 0 Å². The van der Waals surface area contributed by atoms with Gasteiger partial charge in [-0.25, -0.2) is 8.42 Å². The van der Waals surface area contributed by atoms with Crippen molar-refractivity contribution >= 4 is 41.9 Å². The van der Waals surface area contributed by atoms with Gasteiger partial charge in [-0.3, -0.25) is 0 Å². The van der Waals surface area contributed by atoms with E-state index >= 15 is 0 Å². The fourth-order valence-corrected chi connectivity index (χ4v) is 3.07. The molecule has 0 aliphatic rings. The molecule has 0 saturated carbocycles. The highest BCUT2D eigenvalue weighted by molar-refractivity contribution is 8.14. The SMILES string of the molecule is Nc1ccc(S(=O)(=O)Cl)c2ccccc12.Nc1ccccc1O. The average molecular weight is 351 g/mol. The van der Waals surface area contributed by atoms with Crippen LogP contribution in [0, 0.1) is 0 Å². The lowest BCUT2D eigenvalue weighted by molar-refractivity contribution is 0.478. The van der Waals surface area contributed by atoms with Crippen LogP contribution in [0.1, 0.15) is 0 Å². The van der Waals surface area contributed by atoms with E-state index in [9.17, 15) is 8.42 Å². The van der Waals surface area contributed by atoms with Crippen molar-refractivity contribution in [1.82, 2.24) is 0 Å². The van der Waals surface area contributed by atoms with Gasteiger partial charge < -0.3 is 16.6 Å². The van der Waals surface area contributed by atoms with Crippen LogP contribution in [0.4, 0.5) is 11.4 Å². The van der Waals surface area contributed by atoms with Gasteiger partial charge in [-0.05, 0) is 24.3 Å². The van der Waals surface area contributed by atoms with E-state index in [0.717, 1.165) is 0 Å². The van der Waals surface area contributed by atoms with E-state index in [2.05, 4.69) is 0 Å². The summed E-state index contributed by atoms with van der Waals surface area (Å²) in [5, 5.41) is 10.0. The van der Waals surface area contributed by atoms with Gasteiger partial charge in [-0.1, -0.05) is 36.4 Å². The fourth-order valence-electron chi connectivity index (χ4n) is 1.99. The third-order valence-corrected chi connectivity index (χ3v) is 4.50. The molecule has 5 nitrogen and oxygen atoms in total. The number of fused-ring (bicyclic) bond motifs is 1. The zero-order chi connectivity index (χ0) is 17.0. The van der Waals surface area contributed by atoms with Crippen molar-refractivity contribution in [2.24, 2.45) is 0 Å². The molecule has 0 amide bonds. The Morgan fingerprint density at radius 3 is 1.87 bits per heavy atom. The molecule has 0 radical (unpaired) electrons. The van der Waals surface area contributed by atoms with Crippen LogP contribution >= 0.6 is 10.7 Å². The normalized spacial score (nSPS) is 10.8. The standard InChI is InChI=1S/C10H8ClNO2S.C6H7NO/c11-15(13,14)10-6-5-9(12)7-3-1-2-4-8(7)10;7-5-3-1-2-4-6(5)8/h1-6H,12H2;1-4,8H,7H2. The maximum absolute atomic E-state index is 11.3. The van der Waals surface area contributed by atoms with E-state index in [1.54, 1.807) is 48.5 Å². The molecular weight excluding hydrogens is 336 g/mol. The average Bonchev–Trinajstić information content (AvgIpc) is 2.50. The zero-order valence-electron chi connectivity index (χ0n) is 12.0. The summed E-state index contributed by atoms with van der Waals surface area (Å²) in [5.74, 6) is 0.146. The Bertz CT molecular complexity index is 922. The Balaban J connectivity index is 0.000000203. The Labute approximate surface area is 138 Å². The lowest BCUT2D eigenvalue weighted by atomic mass is 10.1. The highest BCUT2D eigenvalue weighted by Crippen LogP contribution is 2.29. The number of phenolic OH excluding ortho intramolecular Hbond substituents is 1. The van der Waals surface area contributed by atoms with Crippen molar-refractivity contribution in [2.75, 3.05) is 11.5 Å². The lowest BCUT2D eigenvalue weighted by Crippen LogP contribution is -1.95. The molecule has 0 atom stereocenters. The van der Waals surface area contributed by atoms with E-state index in [1.165, 1.54) is 12.1 Å². The summed E-state index contributed by atoms with van der Waals surface area (Å²) in [6.07, 6.45) is 0. The third kappa shape index (κ3) is 4.06. The van der Waals surface area contributed by atoms with Crippen molar-refractivity contribution in [3.05, 3.63) is 60.7 Å². The van der Waals surface area contributed by atoms with Crippen LogP contribution in [0.15, 0.2) is 65.6 Å². The fraction of sp³-hybridized carbons (Fsp3) is 0. The van der Waals surface area contributed by atoms with Crippen LogP contribution in [0.25, 0.3) is 10.8 Å². The Hall–Kier alpha value is -2.44. The van der Waals surface area contributed by atoms with Gasteiger partial charge in [0.2, 0.25) is 0 Å². The topological polar surface area (TPSA) is 106 Å². The zero-order valence-corrected chi connectivity index (χ0v) is 13.6. The first kappa shape index (κ1) is 16.9. The third-order valence-electron chi connectivity index (χ3n) is 3.12. The van der Waals surface area contributed by atoms with Crippen LogP contribution in [-0.4, -0.2) is 13.5 Å². The van der Waals surface area contributed by atoms with Gasteiger partial charge in [0, 0.05) is 27.1 Å². The van der Waals surface area contributed by atoms with E-state index in [0.29, 0.717) is 22.1 Å². The van der Waals surface area contributed by atoms with Gasteiger partial charge in [-0.15, -0.1) is 0 Å². The largest absolute Gasteiger partial charge is 0.506 e. The number of anilines is 2. The molecule has 7 heteroatoms. The van der Waals surface area contributed by atoms with Crippen molar-refractivity contribution in [2.45, 2.75) is 4.90 Å². The molecule has 0 aliphatic carbocycles. The Morgan fingerprint density at radius 2 is 1.35 bits per heavy atom. The molecule has 0 unspecified atom stereocenters. The number of phenols is 1. The van der Waals surface area contributed by atoms with Crippen LogP contribution in [0.3, 0.4) is 0 Å². The Kier molecular flexibility index (Phi) is 4.98. The second-order valence-electron chi connectivity index (χ2n) is 4.70. The number of hydrogen-bond acceptors (Lipinski definition) is 5. The number of nitrogens with two attached hydrogens (primary N) is 2. The highest BCUT2D eigenvalue weighted by Gasteiger charge is 2.14. The predicted molar refractivity (Wildman–Crippen MR) is 93.9 cm³/mol. The lowest BCUT2D eigenvalue weighted by Gasteiger charge is -2.05. The first-order valence-corrected chi connectivity index (χ1v) is 8.87. The summed E-state index contributed by atoms with van der Waals surface area (Å²) in [6.45, 7) is 0. The maximum Gasteiger partial charge on any atom is 0.261 e. The summed E-state index contributed by atoms with van der Waals surface area (Å²) in [6, 6.07) is 16.6. The molecule has 3 rings (SSSR count). The first-order chi connectivity index (χ1) is 10.8. The first-order valence-electron chi connectivity index (χ1n) is 6.56. The number of halogens is 1. The molecule has 0 spiro atoms. The second-order valence-corrected chi connectivity index (χ2v) is 7.23. The summed E-state index contributed by atoms with van der Waals surface area (Å²) < 4.78 is 22.6. The number of benzene rings is 3. The molecule has 0 saturated heterocycles. The van der Waals surface area contributed by atoms with Gasteiger partial charge >= 0.3 is 0 Å². The highest BCUT2D eigenvalue weighted by atomic mass is 35.7. The van der Waals surface area contributed by atoms with Crippen LogP contribution < -0.4 is 11.5 Å². The van der Waals surface area contributed by atoms with Crippen LogP contribution in [0.5, 0.6) is 5.75 Å². The Morgan fingerprint density at radius 1 is 0.783 bits per heavy atom. The molecule has 0 aliphatic heterocycles. The van der Waals surface area contributed by atoms with Crippen molar-refractivity contribution < 1.29 is 13.5 Å². The monoisotopic (exact) mass is 350 g/mol. The van der Waals surface area contributed by atoms with Gasteiger partial charge in [0.05, 0.1) is 10.6 Å². The molecule has 0 bridgehead atoms. The van der Waals surface area contributed by atoms with Crippen molar-refractivity contribution in [3.63, 3.8) is 0 Å². The maximum atomic E-state index is 11.3. The summed E-state index contributed by atoms with van der Waals surface area (Å²) in [7, 11) is 1.59. The van der Waals surface area contributed by atoms with Crippen molar-refractivity contribution in [3.8, 4) is 5.75 Å². The summed E-state index contributed by atoms with van der Waals surface area (Å²) in [5.41, 5.74) is 12.0. The second kappa shape index (κ2) is 6.76. The van der Waals surface area contributed by atoms with Gasteiger partial charge in [0.15, 0.2) is 0 Å². The minimum atomic E-state index is -3.73. The van der Waals surface area contributed by atoms with E-state index < -0.39 is 9.05 Å². The molecule has 0 aromatic heterocycles. The molecule has 5 N–H and O–H groups in total. The quantitative estimate of drug-likeness (QED) is 0.354. The predicted octanol–water partition coefficient (Wildman–Crippen LogP) is 3.32. The number of aromatic hydroxyl groups is 1. The molecule has 0 heterocycles. The number of hydrogen-bond donors (Lipinski definition) is 3. The molecular formula is C16H15ClN2O3S. The molecule has 3 aromatic carbocycles. The van der Waals surface area contributed by atoms with Crippen LogP contribution in [0.2, 0.25) is 0 Å². The molecule has 23 heavy (non-hydrogen) atoms. The smallest absolute Gasteiger partial charge is 0.261 e. The summed E-state index contributed by atoms with van der Waals surface area (Å²) >= 11 is 0. The number of rotatable bonds is 1. The van der Waals surface area contributed by atoms with E-state index in [1.807, 2.05) is 0 Å². The van der Waals surface area contributed by atoms with Crippen LogP contribution in [-0.2, 0) is 9.05 Å².